The van der Waals surface area contributed by atoms with Gasteiger partial charge in [0.1, 0.15) is 6.10 Å². The third-order valence-electron chi connectivity index (χ3n) is 6.09. The predicted molar refractivity (Wildman–Crippen MR) is 104 cm³/mol. The highest BCUT2D eigenvalue weighted by molar-refractivity contribution is 5.78. The van der Waals surface area contributed by atoms with Gasteiger partial charge in [-0.3, -0.25) is 9.69 Å². The number of hydrogen-bond donors (Lipinski definition) is 0. The van der Waals surface area contributed by atoms with E-state index in [-0.39, 0.29) is 17.6 Å². The molecule has 3 fully saturated rings. The van der Waals surface area contributed by atoms with E-state index >= 15 is 0 Å². The number of morpholine rings is 1. The van der Waals surface area contributed by atoms with E-state index in [9.17, 15) is 4.79 Å². The number of ether oxygens (including phenoxy) is 3. The highest BCUT2D eigenvalue weighted by atomic mass is 16.5. The highest BCUT2D eigenvalue weighted by Crippen LogP contribution is 2.36. The average Bonchev–Trinajstić information content (AvgIpc) is 2.69. The molecule has 4 heterocycles. The lowest BCUT2D eigenvalue weighted by Crippen LogP contribution is -2.54. The minimum atomic E-state index is -0.164. The van der Waals surface area contributed by atoms with Crippen molar-refractivity contribution < 1.29 is 19.0 Å². The summed E-state index contributed by atoms with van der Waals surface area (Å²) in [4.78, 5) is 21.3. The van der Waals surface area contributed by atoms with Crippen LogP contribution in [0.1, 0.15) is 31.4 Å². The summed E-state index contributed by atoms with van der Waals surface area (Å²) in [5.74, 6) is 0.921. The van der Waals surface area contributed by atoms with Crippen molar-refractivity contribution in [2.24, 2.45) is 0 Å². The number of likely N-dealkylation sites (tertiary alicyclic amines) is 1. The van der Waals surface area contributed by atoms with Gasteiger partial charge in [-0.1, -0.05) is 6.07 Å². The zero-order valence-corrected chi connectivity index (χ0v) is 16.8. The summed E-state index contributed by atoms with van der Waals surface area (Å²) in [6, 6.07) is 5.87. The second kappa shape index (κ2) is 8.76. The number of carbonyl (C=O) groups excluding carboxylic acids is 1. The van der Waals surface area contributed by atoms with Crippen LogP contribution in [-0.2, 0) is 14.3 Å². The van der Waals surface area contributed by atoms with Crippen molar-refractivity contribution in [3.05, 3.63) is 23.9 Å². The Balaban J connectivity index is 1.28. The predicted octanol–water partition coefficient (Wildman–Crippen LogP) is 1.64. The molecule has 1 atom stereocenters. The van der Waals surface area contributed by atoms with Gasteiger partial charge < -0.3 is 19.1 Å². The topological polar surface area (TPSA) is 64.1 Å². The molecule has 0 aliphatic carbocycles. The maximum Gasteiger partial charge on any atom is 0.236 e. The SMILES string of the molecule is Cc1cccc(OC2CCOC3(CCN(C(=O)CN4CCOCC4)CC3)C2)n1. The van der Waals surface area contributed by atoms with Gasteiger partial charge in [-0.2, -0.15) is 0 Å². The van der Waals surface area contributed by atoms with Crippen LogP contribution in [-0.4, -0.2) is 84.9 Å². The third-order valence-corrected chi connectivity index (χ3v) is 6.09. The summed E-state index contributed by atoms with van der Waals surface area (Å²) >= 11 is 0. The number of pyridine rings is 1. The van der Waals surface area contributed by atoms with Gasteiger partial charge in [0.2, 0.25) is 11.8 Å². The van der Waals surface area contributed by atoms with Crippen molar-refractivity contribution in [3.8, 4) is 5.88 Å². The van der Waals surface area contributed by atoms with Gasteiger partial charge in [-0.05, 0) is 25.8 Å². The summed E-state index contributed by atoms with van der Waals surface area (Å²) in [6.45, 7) is 7.85. The maximum atomic E-state index is 12.6. The Bertz CT molecular complexity index is 669. The lowest BCUT2D eigenvalue weighted by atomic mass is 9.83. The summed E-state index contributed by atoms with van der Waals surface area (Å²) < 4.78 is 17.7. The molecule has 3 aliphatic rings. The molecule has 7 heteroatoms. The number of amides is 1. The van der Waals surface area contributed by atoms with Crippen molar-refractivity contribution in [3.63, 3.8) is 0 Å². The van der Waals surface area contributed by atoms with Crippen molar-refractivity contribution >= 4 is 5.91 Å². The molecular weight excluding hydrogens is 358 g/mol. The molecular formula is C21H31N3O4. The Morgan fingerprint density at radius 2 is 2.00 bits per heavy atom. The van der Waals surface area contributed by atoms with Gasteiger partial charge in [-0.15, -0.1) is 0 Å². The second-order valence-electron chi connectivity index (χ2n) is 8.15. The van der Waals surface area contributed by atoms with Crippen LogP contribution >= 0.6 is 0 Å². The highest BCUT2D eigenvalue weighted by Gasteiger charge is 2.42. The minimum absolute atomic E-state index is 0.124. The van der Waals surface area contributed by atoms with Gasteiger partial charge in [0, 0.05) is 50.8 Å². The fourth-order valence-electron chi connectivity index (χ4n) is 4.40. The maximum absolute atomic E-state index is 12.6. The van der Waals surface area contributed by atoms with E-state index in [1.54, 1.807) is 0 Å². The van der Waals surface area contributed by atoms with Crippen LogP contribution in [0.3, 0.4) is 0 Å². The lowest BCUT2D eigenvalue weighted by molar-refractivity contribution is -0.152. The van der Waals surface area contributed by atoms with Crippen LogP contribution in [0.15, 0.2) is 18.2 Å². The Labute approximate surface area is 166 Å². The van der Waals surface area contributed by atoms with Crippen LogP contribution < -0.4 is 4.74 Å². The molecule has 3 aliphatic heterocycles. The first-order chi connectivity index (χ1) is 13.6. The van der Waals surface area contributed by atoms with E-state index in [2.05, 4.69) is 9.88 Å². The van der Waals surface area contributed by atoms with E-state index in [0.29, 0.717) is 19.0 Å². The average molecular weight is 389 g/mol. The minimum Gasteiger partial charge on any atom is -0.474 e. The molecule has 0 bridgehead atoms. The van der Waals surface area contributed by atoms with Crippen LogP contribution in [0.2, 0.25) is 0 Å². The number of rotatable bonds is 4. The number of nitrogens with zero attached hydrogens (tertiary/aromatic N) is 3. The van der Waals surface area contributed by atoms with Crippen LogP contribution in [0, 0.1) is 6.92 Å². The van der Waals surface area contributed by atoms with E-state index in [4.69, 9.17) is 14.2 Å². The summed E-state index contributed by atoms with van der Waals surface area (Å²) in [7, 11) is 0. The normalized spacial score (nSPS) is 25.6. The number of carbonyl (C=O) groups is 1. The molecule has 0 N–H and O–H groups in total. The number of piperidine rings is 1. The molecule has 3 saturated heterocycles. The summed E-state index contributed by atoms with van der Waals surface area (Å²) in [5, 5.41) is 0. The standard InChI is InChI=1S/C21H31N3O4/c1-17-3-2-4-19(22-17)28-18-5-12-27-21(15-18)6-8-24(9-7-21)20(25)16-23-10-13-26-14-11-23/h2-4,18H,5-16H2,1H3. The Hall–Kier alpha value is -1.70. The summed E-state index contributed by atoms with van der Waals surface area (Å²) in [6.07, 6.45) is 3.63. The van der Waals surface area contributed by atoms with Gasteiger partial charge in [0.25, 0.3) is 0 Å². The first kappa shape index (κ1) is 19.6. The van der Waals surface area contributed by atoms with Gasteiger partial charge in [0.15, 0.2) is 0 Å². The first-order valence-corrected chi connectivity index (χ1v) is 10.4. The number of aryl methyl sites for hydroxylation is 1. The van der Waals surface area contributed by atoms with Crippen LogP contribution in [0.25, 0.3) is 0 Å². The van der Waals surface area contributed by atoms with E-state index in [1.165, 1.54) is 0 Å². The molecule has 1 aromatic rings. The number of aromatic nitrogens is 1. The Kier molecular flexibility index (Phi) is 6.13. The van der Waals surface area contributed by atoms with Crippen molar-refractivity contribution in [1.82, 2.24) is 14.8 Å². The molecule has 7 nitrogen and oxygen atoms in total. The number of hydrogen-bond acceptors (Lipinski definition) is 6. The molecule has 4 rings (SSSR count). The van der Waals surface area contributed by atoms with Gasteiger partial charge in [0.05, 0.1) is 32.0 Å². The molecule has 0 aromatic carbocycles. The second-order valence-corrected chi connectivity index (χ2v) is 8.15. The molecule has 1 aromatic heterocycles. The lowest BCUT2D eigenvalue weighted by Gasteiger charge is -2.46. The molecule has 28 heavy (non-hydrogen) atoms. The molecule has 0 radical (unpaired) electrons. The zero-order chi connectivity index (χ0) is 19.4. The van der Waals surface area contributed by atoms with Crippen molar-refractivity contribution in [2.75, 3.05) is 52.5 Å². The summed E-state index contributed by atoms with van der Waals surface area (Å²) in [5.41, 5.74) is 0.800. The van der Waals surface area contributed by atoms with E-state index in [1.807, 2.05) is 30.0 Å². The van der Waals surface area contributed by atoms with E-state index < -0.39 is 0 Å². The zero-order valence-electron chi connectivity index (χ0n) is 16.8. The fraction of sp³-hybridized carbons (Fsp3) is 0.714. The molecule has 1 spiro atoms. The van der Waals surface area contributed by atoms with Gasteiger partial charge >= 0.3 is 0 Å². The first-order valence-electron chi connectivity index (χ1n) is 10.4. The molecule has 1 unspecified atom stereocenters. The smallest absolute Gasteiger partial charge is 0.236 e. The largest absolute Gasteiger partial charge is 0.474 e. The van der Waals surface area contributed by atoms with Gasteiger partial charge in [-0.25, -0.2) is 4.98 Å². The van der Waals surface area contributed by atoms with Crippen LogP contribution in [0.4, 0.5) is 0 Å². The van der Waals surface area contributed by atoms with Crippen molar-refractivity contribution in [2.45, 2.75) is 44.3 Å². The monoisotopic (exact) mass is 389 g/mol. The Morgan fingerprint density at radius 1 is 1.21 bits per heavy atom. The van der Waals surface area contributed by atoms with E-state index in [0.717, 1.165) is 70.8 Å². The Morgan fingerprint density at radius 3 is 2.75 bits per heavy atom. The van der Waals surface area contributed by atoms with Crippen LogP contribution in [0.5, 0.6) is 5.88 Å². The van der Waals surface area contributed by atoms with Crippen molar-refractivity contribution in [1.29, 1.82) is 0 Å². The molecule has 1 amide bonds. The quantitative estimate of drug-likeness (QED) is 0.780. The third kappa shape index (κ3) is 4.82. The molecule has 0 saturated carbocycles. The molecule has 154 valence electrons. The fourth-order valence-corrected chi connectivity index (χ4v) is 4.40.